The van der Waals surface area contributed by atoms with E-state index in [0.717, 1.165) is 0 Å². The molecule has 362 valence electrons. The van der Waals surface area contributed by atoms with E-state index in [1.54, 1.807) is 20.7 Å². The molecule has 0 saturated carbocycles. The lowest BCUT2D eigenvalue weighted by molar-refractivity contribution is 0.661. The van der Waals surface area contributed by atoms with Crippen molar-refractivity contribution >= 4 is 80.7 Å². The zero-order valence-corrected chi connectivity index (χ0v) is 47.0. The monoisotopic (exact) mass is 994 g/mol. The van der Waals surface area contributed by atoms with E-state index in [-0.39, 0.29) is 16.2 Å². The number of hydrogen-bond acceptors (Lipinski definition) is 0. The molecule has 0 spiro atoms. The summed E-state index contributed by atoms with van der Waals surface area (Å²) >= 11 is 0. The molecule has 0 N–H and O–H groups in total. The van der Waals surface area contributed by atoms with Crippen LogP contribution in [0.15, 0.2) is 194 Å². The number of hydrogen-bond donors (Lipinski definition) is 0. The zero-order valence-electron chi connectivity index (χ0n) is 45.0. The Morgan fingerprint density at radius 1 is 0.280 bits per heavy atom. The summed E-state index contributed by atoms with van der Waals surface area (Å²) in [6.07, 6.45) is 0. The van der Waals surface area contributed by atoms with Crippen LogP contribution in [0.3, 0.4) is 0 Å². The van der Waals surface area contributed by atoms with Gasteiger partial charge in [0.2, 0.25) is 0 Å². The molecule has 0 amide bonds. The van der Waals surface area contributed by atoms with E-state index in [2.05, 4.69) is 262 Å². The third-order valence-corrected chi connectivity index (χ3v) is 26.5. The Hall–Kier alpha value is -7.37. The van der Waals surface area contributed by atoms with Gasteiger partial charge >= 0.3 is 0 Å². The third-order valence-electron chi connectivity index (χ3n) is 19.4. The fraction of sp³-hybridized carbons (Fsp3) is 0.178. The van der Waals surface area contributed by atoms with Gasteiger partial charge in [0, 0.05) is 16.2 Å². The number of allylic oxidation sites excluding steroid dienone is 4. The average Bonchev–Trinajstić information content (AvgIpc) is 4.22. The molecule has 10 aromatic carbocycles. The fourth-order valence-corrected chi connectivity index (χ4v) is 21.7. The van der Waals surface area contributed by atoms with E-state index in [1.165, 1.54) is 133 Å². The third kappa shape index (κ3) is 5.82. The minimum atomic E-state index is -2.19. The van der Waals surface area contributed by atoms with Crippen LogP contribution in [0.2, 0.25) is 26.2 Å². The summed E-state index contributed by atoms with van der Waals surface area (Å²) in [7, 11) is -4.38. The molecule has 5 aliphatic rings. The molecule has 0 fully saturated rings. The topological polar surface area (TPSA) is 0 Å². The Balaban J connectivity index is 0.899. The van der Waals surface area contributed by atoms with Crippen molar-refractivity contribution in [3.8, 4) is 44.5 Å². The van der Waals surface area contributed by atoms with Crippen LogP contribution in [0.5, 0.6) is 0 Å². The maximum absolute atomic E-state index is 2.66. The van der Waals surface area contributed by atoms with Gasteiger partial charge in [0.1, 0.15) is 16.1 Å². The molecule has 0 radical (unpaired) electrons. The molecule has 0 nitrogen and oxygen atoms in total. The fourth-order valence-electron chi connectivity index (χ4n) is 15.6. The summed E-state index contributed by atoms with van der Waals surface area (Å²) in [5.41, 5.74) is 27.5. The lowest BCUT2D eigenvalue weighted by atomic mass is 9.74. The summed E-state index contributed by atoms with van der Waals surface area (Å²) in [6, 6.07) is 75.9. The Kier molecular flexibility index (Phi) is 8.97. The van der Waals surface area contributed by atoms with Gasteiger partial charge in [-0.2, -0.15) is 0 Å². The van der Waals surface area contributed by atoms with Crippen molar-refractivity contribution in [3.05, 3.63) is 239 Å². The molecule has 2 heteroatoms. The predicted octanol–water partition coefficient (Wildman–Crippen LogP) is 16.8. The van der Waals surface area contributed by atoms with Crippen molar-refractivity contribution in [2.45, 2.75) is 78.6 Å². The average molecular weight is 995 g/mol. The van der Waals surface area contributed by atoms with Crippen LogP contribution in [0.1, 0.15) is 86.1 Å². The molecular formula is C73H62Si2. The quantitative estimate of drug-likeness (QED) is 0.154. The van der Waals surface area contributed by atoms with Crippen LogP contribution in [0, 0.1) is 5.41 Å². The largest absolute Gasteiger partial charge is 0.113 e. The number of fused-ring (bicyclic) bond motifs is 16. The van der Waals surface area contributed by atoms with Gasteiger partial charge < -0.3 is 0 Å². The first-order chi connectivity index (χ1) is 36.0. The molecule has 15 rings (SSSR count). The molecule has 75 heavy (non-hydrogen) atoms. The van der Waals surface area contributed by atoms with E-state index < -0.39 is 16.1 Å². The summed E-state index contributed by atoms with van der Waals surface area (Å²) < 4.78 is 0. The normalized spacial score (nSPS) is 17.9. The molecule has 0 bridgehead atoms. The highest BCUT2D eigenvalue weighted by Gasteiger charge is 2.48. The minimum absolute atomic E-state index is 0.0894. The van der Waals surface area contributed by atoms with Gasteiger partial charge in [-0.15, -0.1) is 0 Å². The van der Waals surface area contributed by atoms with E-state index in [4.69, 9.17) is 0 Å². The van der Waals surface area contributed by atoms with Crippen LogP contribution in [-0.4, -0.2) is 16.1 Å². The smallest absolute Gasteiger partial charge is 0.0622 e. The lowest BCUT2D eigenvalue weighted by Crippen LogP contribution is -2.49. The van der Waals surface area contributed by atoms with Gasteiger partial charge in [0.25, 0.3) is 0 Å². The number of rotatable bonds is 4. The second-order valence-electron chi connectivity index (χ2n) is 25.2. The molecule has 2 aliphatic heterocycles. The highest BCUT2D eigenvalue weighted by molar-refractivity contribution is 7.04. The Morgan fingerprint density at radius 3 is 1.07 bits per heavy atom. The molecule has 3 aliphatic carbocycles. The zero-order chi connectivity index (χ0) is 51.3. The SMILES string of the molecule is CC1(C)C(c2ccc3c(c2)[Si](C)(C)c2cc4c(cc2-3)C(C)(C)c2ccc3ccccc3c2-4)=C(c2ccccc2)C(c2ccccc2)=C1c1ccc2c(c1)[Si](C)(C)c1cc3c(cc1-2)C(C)(C)c1ccc2ccccc2c1-3. The van der Waals surface area contributed by atoms with Crippen molar-refractivity contribution in [1.29, 1.82) is 0 Å². The van der Waals surface area contributed by atoms with Crippen molar-refractivity contribution in [2.75, 3.05) is 0 Å². The Bertz CT molecular complexity index is 4010. The van der Waals surface area contributed by atoms with E-state index in [9.17, 15) is 0 Å². The van der Waals surface area contributed by atoms with E-state index >= 15 is 0 Å². The molecule has 0 aromatic heterocycles. The van der Waals surface area contributed by atoms with Crippen LogP contribution < -0.4 is 20.7 Å². The first-order valence-electron chi connectivity index (χ1n) is 27.3. The molecule has 0 saturated heterocycles. The van der Waals surface area contributed by atoms with Gasteiger partial charge in [-0.05, 0) is 166 Å². The molecule has 2 heterocycles. The summed E-state index contributed by atoms with van der Waals surface area (Å²) in [5.74, 6) is 0. The second kappa shape index (κ2) is 14.9. The maximum atomic E-state index is 2.66. The molecule has 10 aromatic rings. The second-order valence-corrected chi connectivity index (χ2v) is 33.8. The van der Waals surface area contributed by atoms with Crippen LogP contribution in [-0.2, 0) is 10.8 Å². The Morgan fingerprint density at radius 2 is 0.653 bits per heavy atom. The van der Waals surface area contributed by atoms with Gasteiger partial charge in [0.05, 0.1) is 0 Å². The van der Waals surface area contributed by atoms with Crippen molar-refractivity contribution in [3.63, 3.8) is 0 Å². The summed E-state index contributed by atoms with van der Waals surface area (Å²) in [4.78, 5) is 0. The van der Waals surface area contributed by atoms with E-state index in [0.29, 0.717) is 0 Å². The van der Waals surface area contributed by atoms with Crippen molar-refractivity contribution in [1.82, 2.24) is 0 Å². The Labute approximate surface area is 445 Å². The van der Waals surface area contributed by atoms with Gasteiger partial charge in [-0.3, -0.25) is 0 Å². The summed E-state index contributed by atoms with van der Waals surface area (Å²) in [6.45, 7) is 25.2. The van der Waals surface area contributed by atoms with Crippen LogP contribution in [0.25, 0.3) is 88.3 Å². The first kappa shape index (κ1) is 45.1. The van der Waals surface area contributed by atoms with Gasteiger partial charge in [-0.1, -0.05) is 250 Å². The van der Waals surface area contributed by atoms with Crippen molar-refractivity contribution < 1.29 is 0 Å². The molecule has 0 unspecified atom stereocenters. The first-order valence-corrected chi connectivity index (χ1v) is 33.3. The molecule has 0 atom stereocenters. The van der Waals surface area contributed by atoms with Crippen molar-refractivity contribution in [2.24, 2.45) is 5.41 Å². The lowest BCUT2D eigenvalue weighted by Gasteiger charge is -2.30. The highest BCUT2D eigenvalue weighted by atomic mass is 28.3. The van der Waals surface area contributed by atoms with Gasteiger partial charge in [-0.25, -0.2) is 0 Å². The number of benzene rings is 10. The highest BCUT2D eigenvalue weighted by Crippen LogP contribution is 2.62. The van der Waals surface area contributed by atoms with Crippen LogP contribution >= 0.6 is 0 Å². The molecular weight excluding hydrogens is 933 g/mol. The minimum Gasteiger partial charge on any atom is -0.0622 e. The standard InChI is InChI=1S/C73H62Si2/c1-71(2)57-35-31-43-21-17-19-27-49(43)67(57)55-41-63-53(39-59(55)71)51-33-29-47(37-61(51)74(63,7)8)69-65(45-23-13-11-14-24-45)66(46-25-15-12-16-26-46)70(73(69,5)6)48-30-34-52-54-40-60-56(42-64(54)75(9,10)62(52)38-48)68-50-28-20-18-22-44(50)32-36-58(68)72(60,3)4/h11-42H,1-10H3. The predicted molar refractivity (Wildman–Crippen MR) is 328 cm³/mol. The van der Waals surface area contributed by atoms with Crippen LogP contribution in [0.4, 0.5) is 0 Å². The van der Waals surface area contributed by atoms with Gasteiger partial charge in [0.15, 0.2) is 0 Å². The summed E-state index contributed by atoms with van der Waals surface area (Å²) in [5, 5.41) is 11.6. The maximum Gasteiger partial charge on any atom is 0.113 e. The van der Waals surface area contributed by atoms with E-state index in [1.807, 2.05) is 0 Å².